The molecule has 0 radical (unpaired) electrons. The number of carbonyl (C=O) groups excluding carboxylic acids is 3. The molecule has 134 valence electrons. The van der Waals surface area contributed by atoms with Crippen LogP contribution in [0.5, 0.6) is 0 Å². The summed E-state index contributed by atoms with van der Waals surface area (Å²) < 4.78 is 7.04. The third-order valence-corrected chi connectivity index (χ3v) is 4.26. The van der Waals surface area contributed by atoms with Gasteiger partial charge in [0.1, 0.15) is 0 Å². The number of amides is 3. The number of rotatable bonds is 7. The molecule has 3 amide bonds. The molecular formula is C16H20N4O4S. The molecule has 0 aliphatic rings. The summed E-state index contributed by atoms with van der Waals surface area (Å²) in [5, 5.41) is 2.58. The van der Waals surface area contributed by atoms with Crippen LogP contribution in [-0.4, -0.2) is 39.3 Å². The van der Waals surface area contributed by atoms with E-state index in [-0.39, 0.29) is 5.75 Å². The molecule has 2 aromatic rings. The number of aryl methyl sites for hydroxylation is 1. The van der Waals surface area contributed by atoms with Crippen molar-refractivity contribution in [3.05, 3.63) is 24.3 Å². The van der Waals surface area contributed by atoms with Crippen molar-refractivity contribution in [2.45, 2.75) is 38.1 Å². The first-order valence-corrected chi connectivity index (χ1v) is 8.78. The number of hydrogen-bond donors (Lipinski definition) is 2. The van der Waals surface area contributed by atoms with Gasteiger partial charge in [0.2, 0.25) is 0 Å². The van der Waals surface area contributed by atoms with Gasteiger partial charge in [-0.3, -0.25) is 14.9 Å². The number of urea groups is 1. The van der Waals surface area contributed by atoms with Crippen LogP contribution in [0.1, 0.15) is 20.3 Å². The Morgan fingerprint density at radius 1 is 1.36 bits per heavy atom. The van der Waals surface area contributed by atoms with Crippen LogP contribution in [-0.2, 0) is 20.9 Å². The number of para-hydroxylation sites is 2. The number of nitrogens with one attached hydrogen (secondary N) is 1. The highest BCUT2D eigenvalue weighted by atomic mass is 32.2. The summed E-state index contributed by atoms with van der Waals surface area (Å²) in [5.41, 5.74) is 6.72. The molecule has 0 unspecified atom stereocenters. The van der Waals surface area contributed by atoms with Crippen molar-refractivity contribution in [3.8, 4) is 0 Å². The van der Waals surface area contributed by atoms with Gasteiger partial charge in [0.25, 0.3) is 5.91 Å². The van der Waals surface area contributed by atoms with E-state index in [2.05, 4.69) is 16.5 Å². The monoisotopic (exact) mass is 364 g/mol. The predicted molar refractivity (Wildman–Crippen MR) is 94.0 cm³/mol. The molecule has 8 nitrogen and oxygen atoms in total. The lowest BCUT2D eigenvalue weighted by Crippen LogP contribution is -2.42. The van der Waals surface area contributed by atoms with E-state index < -0.39 is 24.0 Å². The molecule has 0 fully saturated rings. The maximum Gasteiger partial charge on any atom is 0.318 e. The Hall–Kier alpha value is -2.55. The van der Waals surface area contributed by atoms with Crippen molar-refractivity contribution in [3.63, 3.8) is 0 Å². The summed E-state index contributed by atoms with van der Waals surface area (Å²) >= 11 is 1.24. The van der Waals surface area contributed by atoms with Gasteiger partial charge in [-0.15, -0.1) is 0 Å². The predicted octanol–water partition coefficient (Wildman–Crippen LogP) is 1.66. The maximum absolute atomic E-state index is 11.9. The second-order valence-corrected chi connectivity index (χ2v) is 6.25. The highest BCUT2D eigenvalue weighted by Crippen LogP contribution is 2.24. The molecule has 2 rings (SSSR count). The average Bonchev–Trinajstić information content (AvgIpc) is 2.90. The van der Waals surface area contributed by atoms with Crippen molar-refractivity contribution in [1.29, 1.82) is 0 Å². The van der Waals surface area contributed by atoms with E-state index in [4.69, 9.17) is 10.5 Å². The SMILES string of the molecule is CCCn1c(SCC(=O)O[C@H](C)C(=O)NC(N)=O)nc2ccccc21. The molecule has 0 aliphatic carbocycles. The Morgan fingerprint density at radius 2 is 2.08 bits per heavy atom. The molecule has 0 saturated carbocycles. The summed E-state index contributed by atoms with van der Waals surface area (Å²) in [6, 6.07) is 6.76. The summed E-state index contributed by atoms with van der Waals surface area (Å²) in [6.45, 7) is 4.22. The van der Waals surface area contributed by atoms with Crippen LogP contribution in [0.4, 0.5) is 4.79 Å². The number of primary amides is 1. The maximum atomic E-state index is 11.9. The summed E-state index contributed by atoms with van der Waals surface area (Å²) in [5.74, 6) is -1.34. The Morgan fingerprint density at radius 3 is 2.76 bits per heavy atom. The van der Waals surface area contributed by atoms with Crippen LogP contribution in [0.25, 0.3) is 11.0 Å². The van der Waals surface area contributed by atoms with Crippen molar-refractivity contribution in [2.75, 3.05) is 5.75 Å². The first-order chi connectivity index (χ1) is 11.9. The fourth-order valence-corrected chi connectivity index (χ4v) is 3.06. The fraction of sp³-hybridized carbons (Fsp3) is 0.375. The molecule has 1 atom stereocenters. The van der Waals surface area contributed by atoms with Gasteiger partial charge in [-0.1, -0.05) is 30.8 Å². The van der Waals surface area contributed by atoms with Crippen molar-refractivity contribution in [2.24, 2.45) is 5.73 Å². The summed E-state index contributed by atoms with van der Waals surface area (Å²) in [7, 11) is 0. The van der Waals surface area contributed by atoms with Crippen molar-refractivity contribution in [1.82, 2.24) is 14.9 Å². The number of aromatic nitrogens is 2. The number of hydrogen-bond acceptors (Lipinski definition) is 6. The third kappa shape index (κ3) is 4.96. The molecular weight excluding hydrogens is 344 g/mol. The minimum Gasteiger partial charge on any atom is -0.452 e. The Bertz CT molecular complexity index is 790. The first-order valence-electron chi connectivity index (χ1n) is 7.80. The molecule has 1 aromatic heterocycles. The van der Waals surface area contributed by atoms with Gasteiger partial charge in [0.15, 0.2) is 11.3 Å². The van der Waals surface area contributed by atoms with Gasteiger partial charge >= 0.3 is 12.0 Å². The average molecular weight is 364 g/mol. The quantitative estimate of drug-likeness (QED) is 0.570. The lowest BCUT2D eigenvalue weighted by Gasteiger charge is -2.12. The Labute approximate surface area is 149 Å². The van der Waals surface area contributed by atoms with Crippen LogP contribution >= 0.6 is 11.8 Å². The number of nitrogens with zero attached hydrogens (tertiary/aromatic N) is 2. The Kier molecular flexibility index (Phi) is 6.40. The van der Waals surface area contributed by atoms with E-state index in [1.165, 1.54) is 18.7 Å². The van der Waals surface area contributed by atoms with Crippen LogP contribution in [0.3, 0.4) is 0 Å². The second kappa shape index (κ2) is 8.52. The molecule has 1 heterocycles. The van der Waals surface area contributed by atoms with Crippen LogP contribution in [0, 0.1) is 0 Å². The van der Waals surface area contributed by atoms with E-state index in [0.717, 1.165) is 24.0 Å². The normalized spacial score (nSPS) is 11.9. The zero-order valence-corrected chi connectivity index (χ0v) is 14.8. The van der Waals surface area contributed by atoms with E-state index in [1.807, 2.05) is 29.6 Å². The lowest BCUT2D eigenvalue weighted by molar-refractivity contribution is -0.151. The molecule has 0 bridgehead atoms. The van der Waals surface area contributed by atoms with Gasteiger partial charge in [-0.25, -0.2) is 9.78 Å². The summed E-state index contributed by atoms with van der Waals surface area (Å²) in [4.78, 5) is 38.6. The molecule has 0 saturated heterocycles. The van der Waals surface area contributed by atoms with E-state index in [1.54, 1.807) is 0 Å². The minimum absolute atomic E-state index is 0.00122. The molecule has 1 aromatic carbocycles. The standard InChI is InChI=1S/C16H20N4O4S/c1-3-8-20-12-7-5-4-6-11(12)18-16(20)25-9-13(21)24-10(2)14(22)19-15(17)23/h4-7,10H,3,8-9H2,1-2H3,(H3,17,19,22,23)/t10-/m1/s1. The first kappa shape index (κ1) is 18.8. The minimum atomic E-state index is -1.10. The number of thioether (sulfide) groups is 1. The van der Waals surface area contributed by atoms with E-state index in [9.17, 15) is 14.4 Å². The van der Waals surface area contributed by atoms with E-state index in [0.29, 0.717) is 5.16 Å². The Balaban J connectivity index is 2.00. The summed E-state index contributed by atoms with van der Waals surface area (Å²) in [6.07, 6.45) is -0.169. The van der Waals surface area contributed by atoms with Gasteiger partial charge < -0.3 is 15.0 Å². The van der Waals surface area contributed by atoms with Crippen LogP contribution in [0.15, 0.2) is 29.4 Å². The number of fused-ring (bicyclic) bond motifs is 1. The second-order valence-electron chi connectivity index (χ2n) is 5.31. The third-order valence-electron chi connectivity index (χ3n) is 3.31. The zero-order valence-electron chi connectivity index (χ0n) is 14.0. The topological polar surface area (TPSA) is 116 Å². The molecule has 0 spiro atoms. The van der Waals surface area contributed by atoms with Gasteiger partial charge in [0, 0.05) is 6.54 Å². The number of esters is 1. The highest BCUT2D eigenvalue weighted by molar-refractivity contribution is 7.99. The number of imidazole rings is 1. The molecule has 0 aliphatic heterocycles. The number of benzene rings is 1. The smallest absolute Gasteiger partial charge is 0.318 e. The lowest BCUT2D eigenvalue weighted by atomic mass is 10.3. The van der Waals surface area contributed by atoms with E-state index >= 15 is 0 Å². The van der Waals surface area contributed by atoms with Crippen LogP contribution < -0.4 is 11.1 Å². The fourth-order valence-electron chi connectivity index (χ4n) is 2.23. The van der Waals surface area contributed by atoms with Crippen LogP contribution in [0.2, 0.25) is 0 Å². The van der Waals surface area contributed by atoms with Gasteiger partial charge in [0.05, 0.1) is 16.8 Å². The molecule has 9 heteroatoms. The van der Waals surface area contributed by atoms with Gasteiger partial charge in [-0.05, 0) is 25.5 Å². The van der Waals surface area contributed by atoms with Crippen molar-refractivity contribution >= 4 is 40.7 Å². The molecule has 3 N–H and O–H groups in total. The number of nitrogens with two attached hydrogens (primary N) is 1. The van der Waals surface area contributed by atoms with Crippen molar-refractivity contribution < 1.29 is 19.1 Å². The van der Waals surface area contributed by atoms with Gasteiger partial charge in [-0.2, -0.15) is 0 Å². The molecule has 25 heavy (non-hydrogen) atoms. The zero-order chi connectivity index (χ0) is 18.4. The number of imide groups is 1. The largest absolute Gasteiger partial charge is 0.452 e. The number of ether oxygens (including phenoxy) is 1. The highest BCUT2D eigenvalue weighted by Gasteiger charge is 2.20. The number of carbonyl (C=O) groups is 3.